The van der Waals surface area contributed by atoms with Crippen LogP contribution in [0.1, 0.15) is 0 Å². The first-order valence-corrected chi connectivity index (χ1v) is 2.38. The molecule has 0 atom stereocenters. The maximum atomic E-state index is 9.19. The molecule has 0 spiro atoms. The van der Waals surface area contributed by atoms with E-state index in [9.17, 15) is 8.42 Å². The van der Waals surface area contributed by atoms with Gasteiger partial charge in [0, 0.05) is 0 Å². The Balaban J connectivity index is 0. The van der Waals surface area contributed by atoms with Crippen molar-refractivity contribution in [2.75, 3.05) is 0 Å². The second kappa shape index (κ2) is 3.41. The third-order valence-electron chi connectivity index (χ3n) is 0.115. The molecule has 4 nitrogen and oxygen atoms in total. The molecule has 7 heavy (non-hydrogen) atoms. The van der Waals surface area contributed by atoms with E-state index in [0.717, 1.165) is 0 Å². The second-order valence-electron chi connectivity index (χ2n) is 0.566. The zero-order valence-electron chi connectivity index (χ0n) is 3.62. The monoisotopic (exact) mass is 130 g/mol. The van der Waals surface area contributed by atoms with Crippen molar-refractivity contribution in [1.82, 2.24) is 0 Å². The van der Waals surface area contributed by atoms with Crippen molar-refractivity contribution >= 4 is 10.1 Å². The van der Waals surface area contributed by atoms with Crippen molar-refractivity contribution in [3.8, 4) is 5.40 Å². The van der Waals surface area contributed by atoms with Gasteiger partial charge in [0.25, 0.3) is 0 Å². The van der Waals surface area contributed by atoms with Crippen molar-refractivity contribution in [1.29, 1.82) is 5.26 Å². The number of nitriles is 1. The van der Waals surface area contributed by atoms with Gasteiger partial charge < -0.3 is 0 Å². The van der Waals surface area contributed by atoms with E-state index in [1.165, 1.54) is 0 Å². The average Bonchev–Trinajstić information content (AvgIpc) is 1.35. The van der Waals surface area contributed by atoms with E-state index in [2.05, 4.69) is 0 Å². The van der Waals surface area contributed by atoms with E-state index in [4.69, 9.17) is 9.81 Å². The third-order valence-corrected chi connectivity index (χ3v) is 0.346. The molecule has 34 valence electrons. The maximum Gasteiger partial charge on any atom is 1.00 e. The molecule has 0 aromatic heterocycles. The SMILES string of the molecule is N#CS(=O)(=O)O.[Na+]. The largest absolute Gasteiger partial charge is 1.00 e. The molecule has 0 aliphatic heterocycles. The van der Waals surface area contributed by atoms with Gasteiger partial charge >= 0.3 is 39.7 Å². The number of nitrogens with zero attached hydrogens (tertiary/aromatic N) is 1. The summed E-state index contributed by atoms with van der Waals surface area (Å²) in [7, 11) is -4.36. The smallest absolute Gasteiger partial charge is 0.274 e. The van der Waals surface area contributed by atoms with Crippen molar-refractivity contribution in [2.24, 2.45) is 0 Å². The van der Waals surface area contributed by atoms with Crippen LogP contribution in [0.2, 0.25) is 0 Å². The van der Waals surface area contributed by atoms with E-state index in [0.29, 0.717) is 5.40 Å². The van der Waals surface area contributed by atoms with E-state index >= 15 is 0 Å². The number of hydrogen-bond donors (Lipinski definition) is 1. The predicted octanol–water partition coefficient (Wildman–Crippen LogP) is -3.64. The molecular weight excluding hydrogens is 129 g/mol. The summed E-state index contributed by atoms with van der Waals surface area (Å²) < 4.78 is 25.8. The molecule has 6 heteroatoms. The minimum absolute atomic E-state index is 0. The summed E-state index contributed by atoms with van der Waals surface area (Å²) in [5.74, 6) is 0. The molecule has 0 heterocycles. The van der Waals surface area contributed by atoms with Gasteiger partial charge in [-0.1, -0.05) is 0 Å². The Hall–Kier alpha value is 0.400. The van der Waals surface area contributed by atoms with Crippen LogP contribution in [-0.2, 0) is 10.1 Å². The van der Waals surface area contributed by atoms with Gasteiger partial charge in [-0.3, -0.25) is 4.55 Å². The Labute approximate surface area is 63.2 Å². The molecule has 0 saturated carbocycles. The molecule has 0 aliphatic rings. The summed E-state index contributed by atoms with van der Waals surface area (Å²) in [6.45, 7) is 0. The molecule has 0 saturated heterocycles. The molecule has 0 aromatic rings. The fourth-order valence-electron chi connectivity index (χ4n) is 0. The van der Waals surface area contributed by atoms with Crippen LogP contribution < -0.4 is 29.6 Å². The minimum Gasteiger partial charge on any atom is -0.274 e. The summed E-state index contributed by atoms with van der Waals surface area (Å²) in [5, 5.41) is 7.95. The molecule has 0 aliphatic carbocycles. The summed E-state index contributed by atoms with van der Waals surface area (Å²) in [6, 6.07) is 0. The van der Waals surface area contributed by atoms with E-state index < -0.39 is 10.1 Å². The van der Waals surface area contributed by atoms with Gasteiger partial charge in [-0.25, -0.2) is 0 Å². The third kappa shape index (κ3) is 10.7. The van der Waals surface area contributed by atoms with Crippen molar-refractivity contribution in [2.45, 2.75) is 0 Å². The molecule has 0 rings (SSSR count). The van der Waals surface area contributed by atoms with Crippen LogP contribution in [-0.4, -0.2) is 13.0 Å². The van der Waals surface area contributed by atoms with Crippen LogP contribution in [0.4, 0.5) is 0 Å². The quantitative estimate of drug-likeness (QED) is 0.159. The molecule has 1 N–H and O–H groups in total. The molecule has 0 radical (unpaired) electrons. The Morgan fingerprint density at radius 2 is 1.71 bits per heavy atom. The van der Waals surface area contributed by atoms with E-state index in [1.807, 2.05) is 0 Å². The molecule has 0 unspecified atom stereocenters. The van der Waals surface area contributed by atoms with Crippen molar-refractivity contribution in [3.63, 3.8) is 0 Å². The first-order valence-electron chi connectivity index (χ1n) is 0.944. The van der Waals surface area contributed by atoms with Crippen molar-refractivity contribution in [3.05, 3.63) is 0 Å². The first-order chi connectivity index (χ1) is 2.56. The van der Waals surface area contributed by atoms with Crippen LogP contribution in [0.5, 0.6) is 0 Å². The van der Waals surface area contributed by atoms with E-state index in [1.54, 1.807) is 0 Å². The van der Waals surface area contributed by atoms with Crippen LogP contribution >= 0.6 is 0 Å². The summed E-state index contributed by atoms with van der Waals surface area (Å²) >= 11 is 0. The Bertz CT molecular complexity index is 164. The Morgan fingerprint density at radius 3 is 1.71 bits per heavy atom. The molecule has 0 aromatic carbocycles. The van der Waals surface area contributed by atoms with Crippen LogP contribution in [0.15, 0.2) is 0 Å². The summed E-state index contributed by atoms with van der Waals surface area (Å²) in [4.78, 5) is 0. The Kier molecular flexibility index (Phi) is 5.06. The predicted molar refractivity (Wildman–Crippen MR) is 17.2 cm³/mol. The van der Waals surface area contributed by atoms with Gasteiger partial charge in [0.2, 0.25) is 5.40 Å². The van der Waals surface area contributed by atoms with Crippen LogP contribution in [0.3, 0.4) is 0 Å². The zero-order valence-corrected chi connectivity index (χ0v) is 6.44. The normalized spacial score (nSPS) is 8.57. The first kappa shape index (κ1) is 10.4. The second-order valence-corrected chi connectivity index (χ2v) is 1.70. The van der Waals surface area contributed by atoms with Gasteiger partial charge in [0.1, 0.15) is 0 Å². The van der Waals surface area contributed by atoms with E-state index in [-0.39, 0.29) is 29.6 Å². The zero-order chi connectivity index (χ0) is 5.21. The van der Waals surface area contributed by atoms with Gasteiger partial charge in [-0.15, -0.1) is 0 Å². The number of thiocyanates is 1. The molecular formula is CHNNaO3S+. The fraction of sp³-hybridized carbons (Fsp3) is 0. The number of hydrogen-bond acceptors (Lipinski definition) is 3. The fourth-order valence-corrected chi connectivity index (χ4v) is 0. The van der Waals surface area contributed by atoms with Gasteiger partial charge in [0.05, 0.1) is 0 Å². The standard InChI is InChI=1S/CHNO3S.Na/c2-1-6(3,4)5;/h(H,3,4,5);/q;+1. The average molecular weight is 130 g/mol. The number of rotatable bonds is 0. The Morgan fingerprint density at radius 1 is 1.57 bits per heavy atom. The molecule has 0 fully saturated rings. The summed E-state index contributed by atoms with van der Waals surface area (Å²) in [5.41, 5.74) is 0. The van der Waals surface area contributed by atoms with Gasteiger partial charge in [-0.05, 0) is 0 Å². The van der Waals surface area contributed by atoms with Gasteiger partial charge in [-0.2, -0.15) is 13.7 Å². The minimum atomic E-state index is -4.36. The van der Waals surface area contributed by atoms with Crippen LogP contribution in [0, 0.1) is 10.7 Å². The topological polar surface area (TPSA) is 78.2 Å². The maximum absolute atomic E-state index is 9.19. The van der Waals surface area contributed by atoms with Crippen LogP contribution in [0.25, 0.3) is 0 Å². The summed E-state index contributed by atoms with van der Waals surface area (Å²) in [6.07, 6.45) is 0. The molecule has 0 amide bonds. The molecule has 0 bridgehead atoms. The van der Waals surface area contributed by atoms with Gasteiger partial charge in [0.15, 0.2) is 0 Å². The van der Waals surface area contributed by atoms with Crippen molar-refractivity contribution < 1.29 is 42.5 Å².